The molecular formula is C28H16Y-2. The van der Waals surface area contributed by atoms with Crippen molar-refractivity contribution >= 4 is 43.1 Å². The molecule has 0 heterocycles. The molecule has 0 aromatic heterocycles. The normalized spacial score (nSPS) is 11.2. The van der Waals surface area contributed by atoms with Crippen LogP contribution in [0.15, 0.2) is 97.1 Å². The van der Waals surface area contributed by atoms with E-state index in [0.29, 0.717) is 0 Å². The standard InChI is InChI=1S/C28H16.Y/c1-2-9-21-16-24-18-28-22(17-23(24)15-20(21)8-1)11-6-14-27(28)26-13-5-10-19-7-3-4-12-25(19)26;/h1-12,15-18H;/q-2;. The second kappa shape index (κ2) is 7.37. The quantitative estimate of drug-likeness (QED) is 0.182. The smallest absolute Gasteiger partial charge is 0 e. The van der Waals surface area contributed by atoms with Crippen LogP contribution in [-0.2, 0) is 32.7 Å². The van der Waals surface area contributed by atoms with E-state index in [1.165, 1.54) is 43.1 Å². The number of benzene rings is 6. The molecule has 0 saturated carbocycles. The van der Waals surface area contributed by atoms with Gasteiger partial charge in [0.25, 0.3) is 0 Å². The molecule has 29 heavy (non-hydrogen) atoms. The average Bonchev–Trinajstić information content (AvgIpc) is 2.75. The third-order valence-electron chi connectivity index (χ3n) is 5.60. The van der Waals surface area contributed by atoms with Crippen LogP contribution in [-0.4, -0.2) is 0 Å². The van der Waals surface area contributed by atoms with Crippen molar-refractivity contribution in [2.24, 2.45) is 0 Å². The Bertz CT molecular complexity index is 1510. The Morgan fingerprint density at radius 2 is 0.931 bits per heavy atom. The van der Waals surface area contributed by atoms with Gasteiger partial charge < -0.3 is 0 Å². The summed E-state index contributed by atoms with van der Waals surface area (Å²) >= 11 is 0. The molecule has 0 atom stereocenters. The van der Waals surface area contributed by atoms with Gasteiger partial charge in [0.15, 0.2) is 0 Å². The van der Waals surface area contributed by atoms with Gasteiger partial charge in [0.1, 0.15) is 0 Å². The molecule has 0 fully saturated rings. The molecule has 0 aliphatic heterocycles. The van der Waals surface area contributed by atoms with Gasteiger partial charge in [-0.2, -0.15) is 24.3 Å². The van der Waals surface area contributed by atoms with E-state index in [2.05, 4.69) is 97.1 Å². The van der Waals surface area contributed by atoms with E-state index >= 15 is 0 Å². The van der Waals surface area contributed by atoms with Gasteiger partial charge in [-0.3, -0.25) is 0 Å². The largest absolute Gasteiger partial charge is 0.218 e. The molecule has 0 saturated heterocycles. The van der Waals surface area contributed by atoms with Crippen LogP contribution < -0.4 is 0 Å². The molecule has 6 aromatic carbocycles. The van der Waals surface area contributed by atoms with Crippen molar-refractivity contribution in [3.8, 4) is 11.1 Å². The Kier molecular flexibility index (Phi) is 4.70. The van der Waals surface area contributed by atoms with Crippen molar-refractivity contribution in [2.75, 3.05) is 0 Å². The molecule has 0 bridgehead atoms. The number of fused-ring (bicyclic) bond motifs is 4. The van der Waals surface area contributed by atoms with E-state index in [1.807, 2.05) is 12.1 Å². The van der Waals surface area contributed by atoms with Gasteiger partial charge >= 0.3 is 0 Å². The zero-order valence-electron chi connectivity index (χ0n) is 15.8. The first-order valence-electron chi connectivity index (χ1n) is 9.54. The van der Waals surface area contributed by atoms with Crippen LogP contribution in [0.3, 0.4) is 0 Å². The number of hydrogen-bond acceptors (Lipinski definition) is 0. The fourth-order valence-corrected chi connectivity index (χ4v) is 4.23. The van der Waals surface area contributed by atoms with Crippen LogP contribution in [0.25, 0.3) is 54.2 Å². The van der Waals surface area contributed by atoms with Gasteiger partial charge in [-0.05, 0) is 33.7 Å². The van der Waals surface area contributed by atoms with Crippen molar-refractivity contribution < 1.29 is 32.7 Å². The van der Waals surface area contributed by atoms with Gasteiger partial charge in [-0.15, -0.1) is 39.7 Å². The summed E-state index contributed by atoms with van der Waals surface area (Å²) in [6, 6.07) is 41.5. The minimum Gasteiger partial charge on any atom is -0.218 e. The first kappa shape index (κ1) is 18.5. The Labute approximate surface area is 195 Å². The van der Waals surface area contributed by atoms with Crippen LogP contribution in [0, 0.1) is 12.1 Å². The molecule has 0 aliphatic carbocycles. The molecule has 0 amide bonds. The van der Waals surface area contributed by atoms with Crippen LogP contribution in [0.4, 0.5) is 0 Å². The summed E-state index contributed by atoms with van der Waals surface area (Å²) in [5.74, 6) is 0. The average molecular weight is 441 g/mol. The summed E-state index contributed by atoms with van der Waals surface area (Å²) < 4.78 is 0. The SMILES string of the molecule is [Y].[c-]1ccc2ccccc2c1-c1[c-]ccc2cc3cc4ccccc4cc3cc12. The van der Waals surface area contributed by atoms with Crippen LogP contribution in [0.1, 0.15) is 0 Å². The molecular weight excluding hydrogens is 425 g/mol. The third kappa shape index (κ3) is 3.08. The second-order valence-electron chi connectivity index (χ2n) is 7.28. The van der Waals surface area contributed by atoms with Crippen LogP contribution >= 0.6 is 0 Å². The maximum Gasteiger partial charge on any atom is 0 e. The molecule has 0 spiro atoms. The number of hydrogen-bond donors (Lipinski definition) is 0. The van der Waals surface area contributed by atoms with E-state index in [-0.39, 0.29) is 32.7 Å². The van der Waals surface area contributed by atoms with Gasteiger partial charge in [-0.1, -0.05) is 54.6 Å². The third-order valence-corrected chi connectivity index (χ3v) is 5.60. The molecule has 0 unspecified atom stereocenters. The Morgan fingerprint density at radius 1 is 0.414 bits per heavy atom. The molecule has 6 aromatic rings. The summed E-state index contributed by atoms with van der Waals surface area (Å²) in [6.45, 7) is 0. The Balaban J connectivity index is 0.00000181. The monoisotopic (exact) mass is 441 g/mol. The maximum absolute atomic E-state index is 3.49. The second-order valence-corrected chi connectivity index (χ2v) is 7.28. The fraction of sp³-hybridized carbons (Fsp3) is 0. The summed E-state index contributed by atoms with van der Waals surface area (Å²) in [7, 11) is 0. The molecule has 0 aliphatic rings. The van der Waals surface area contributed by atoms with Gasteiger partial charge in [0, 0.05) is 32.7 Å². The van der Waals surface area contributed by atoms with Crippen LogP contribution in [0.2, 0.25) is 0 Å². The molecule has 0 nitrogen and oxygen atoms in total. The molecule has 6 rings (SSSR count). The predicted molar refractivity (Wildman–Crippen MR) is 120 cm³/mol. The molecule has 1 radical (unpaired) electrons. The topological polar surface area (TPSA) is 0 Å². The van der Waals surface area contributed by atoms with E-state index in [4.69, 9.17) is 0 Å². The zero-order valence-corrected chi connectivity index (χ0v) is 18.7. The fourth-order valence-electron chi connectivity index (χ4n) is 4.23. The van der Waals surface area contributed by atoms with Crippen LogP contribution in [0.5, 0.6) is 0 Å². The van der Waals surface area contributed by atoms with Crippen molar-refractivity contribution in [1.29, 1.82) is 0 Å². The van der Waals surface area contributed by atoms with Crippen molar-refractivity contribution in [3.05, 3.63) is 109 Å². The zero-order chi connectivity index (χ0) is 18.5. The van der Waals surface area contributed by atoms with Crippen molar-refractivity contribution in [1.82, 2.24) is 0 Å². The summed E-state index contributed by atoms with van der Waals surface area (Å²) in [5, 5.41) is 9.97. The van der Waals surface area contributed by atoms with Gasteiger partial charge in [-0.25, -0.2) is 11.1 Å². The molecule has 0 N–H and O–H groups in total. The first-order chi connectivity index (χ1) is 13.9. The molecule has 1 heteroatoms. The minimum absolute atomic E-state index is 0. The first-order valence-corrected chi connectivity index (χ1v) is 9.54. The van der Waals surface area contributed by atoms with E-state index < -0.39 is 0 Å². The summed E-state index contributed by atoms with van der Waals surface area (Å²) in [4.78, 5) is 0. The number of rotatable bonds is 1. The Hall–Kier alpha value is -2.54. The summed E-state index contributed by atoms with van der Waals surface area (Å²) in [5.41, 5.74) is 2.23. The summed E-state index contributed by atoms with van der Waals surface area (Å²) in [6.07, 6.45) is 0. The van der Waals surface area contributed by atoms with E-state index in [1.54, 1.807) is 0 Å². The van der Waals surface area contributed by atoms with Gasteiger partial charge in [0.05, 0.1) is 0 Å². The predicted octanol–water partition coefficient (Wildman–Crippen LogP) is 7.56. The van der Waals surface area contributed by atoms with Crippen molar-refractivity contribution in [3.63, 3.8) is 0 Å². The van der Waals surface area contributed by atoms with Gasteiger partial charge in [0.2, 0.25) is 0 Å². The van der Waals surface area contributed by atoms with E-state index in [9.17, 15) is 0 Å². The maximum atomic E-state index is 3.49. The van der Waals surface area contributed by atoms with Crippen molar-refractivity contribution in [2.45, 2.75) is 0 Å². The van der Waals surface area contributed by atoms with E-state index in [0.717, 1.165) is 11.1 Å². The molecule has 133 valence electrons. The minimum atomic E-state index is 0. The Morgan fingerprint density at radius 3 is 1.66 bits per heavy atom.